The lowest BCUT2D eigenvalue weighted by Gasteiger charge is -2.23. The van der Waals surface area contributed by atoms with Crippen molar-refractivity contribution in [3.8, 4) is 0 Å². The van der Waals surface area contributed by atoms with Crippen LogP contribution in [0.3, 0.4) is 0 Å². The molecule has 1 heterocycles. The van der Waals surface area contributed by atoms with Crippen LogP contribution >= 0.6 is 0 Å². The van der Waals surface area contributed by atoms with Gasteiger partial charge >= 0.3 is 6.18 Å². The molecule has 134 valence electrons. The van der Waals surface area contributed by atoms with Gasteiger partial charge in [-0.1, -0.05) is 6.07 Å². The molecule has 10 heteroatoms. The summed E-state index contributed by atoms with van der Waals surface area (Å²) in [4.78, 5) is 11.6. The summed E-state index contributed by atoms with van der Waals surface area (Å²) in [5.41, 5.74) is -0.149. The molecule has 24 heavy (non-hydrogen) atoms. The van der Waals surface area contributed by atoms with E-state index in [1.165, 1.54) is 18.2 Å². The fraction of sp³-hybridized carbons (Fsp3) is 0.500. The van der Waals surface area contributed by atoms with Crippen molar-refractivity contribution in [1.29, 1.82) is 0 Å². The Bertz CT molecular complexity index is 686. The summed E-state index contributed by atoms with van der Waals surface area (Å²) in [5.74, 6) is -0.983. The minimum atomic E-state index is -4.53. The van der Waals surface area contributed by atoms with E-state index in [1.807, 2.05) is 0 Å². The van der Waals surface area contributed by atoms with E-state index in [9.17, 15) is 26.4 Å². The van der Waals surface area contributed by atoms with E-state index in [2.05, 4.69) is 10.0 Å². The summed E-state index contributed by atoms with van der Waals surface area (Å²) in [6.45, 7) is -0.146. The number of carbonyl (C=O) groups excluding carboxylic acids is 1. The van der Waals surface area contributed by atoms with Gasteiger partial charge in [0.05, 0.1) is 4.90 Å². The highest BCUT2D eigenvalue weighted by molar-refractivity contribution is 7.89. The van der Waals surface area contributed by atoms with Crippen LogP contribution in [0, 0.1) is 0 Å². The molecule has 0 saturated carbocycles. The second kappa shape index (κ2) is 7.49. The zero-order valence-electron chi connectivity index (χ0n) is 12.7. The van der Waals surface area contributed by atoms with E-state index in [0.29, 0.717) is 13.0 Å². The molecule has 0 spiro atoms. The monoisotopic (exact) mass is 365 g/mol. The van der Waals surface area contributed by atoms with E-state index in [1.54, 1.807) is 5.32 Å². The number of hydrogen-bond donors (Lipinski definition) is 3. The molecule has 1 aliphatic rings. The van der Waals surface area contributed by atoms with Crippen molar-refractivity contribution in [2.24, 2.45) is 0 Å². The standard InChI is InChI=1S/C14H18F3N3O3S/c15-14(16,17)9-19-13(21)10-3-1-5-12(7-10)24(22,23)20-11-4-2-6-18-8-11/h1,3,5,7,11,18,20H,2,4,6,8-9H2,(H,19,21). The summed E-state index contributed by atoms with van der Waals surface area (Å²) in [6, 6.07) is 4.67. The molecule has 1 fully saturated rings. The smallest absolute Gasteiger partial charge is 0.343 e. The Kier molecular flexibility index (Phi) is 5.83. The van der Waals surface area contributed by atoms with Gasteiger partial charge in [0.1, 0.15) is 6.54 Å². The zero-order chi connectivity index (χ0) is 17.8. The molecule has 0 aliphatic carbocycles. The maximum absolute atomic E-state index is 12.3. The lowest BCUT2D eigenvalue weighted by molar-refractivity contribution is -0.123. The van der Waals surface area contributed by atoms with Crippen LogP contribution in [0.2, 0.25) is 0 Å². The fourth-order valence-corrected chi connectivity index (χ4v) is 3.64. The molecule has 0 radical (unpaired) electrons. The zero-order valence-corrected chi connectivity index (χ0v) is 13.5. The van der Waals surface area contributed by atoms with Crippen molar-refractivity contribution in [2.45, 2.75) is 30.0 Å². The first-order chi connectivity index (χ1) is 11.2. The van der Waals surface area contributed by atoms with Gasteiger partial charge in [0.2, 0.25) is 10.0 Å². The predicted molar refractivity (Wildman–Crippen MR) is 81.0 cm³/mol. The molecule has 1 unspecified atom stereocenters. The molecule has 1 saturated heterocycles. The van der Waals surface area contributed by atoms with Crippen LogP contribution in [0.25, 0.3) is 0 Å². The van der Waals surface area contributed by atoms with Gasteiger partial charge in [-0.2, -0.15) is 13.2 Å². The van der Waals surface area contributed by atoms with Crippen LogP contribution in [0.4, 0.5) is 13.2 Å². The van der Waals surface area contributed by atoms with Crippen molar-refractivity contribution >= 4 is 15.9 Å². The minimum absolute atomic E-state index is 0.149. The minimum Gasteiger partial charge on any atom is -0.343 e. The molecule has 6 nitrogen and oxygen atoms in total. The topological polar surface area (TPSA) is 87.3 Å². The van der Waals surface area contributed by atoms with Crippen molar-refractivity contribution in [2.75, 3.05) is 19.6 Å². The number of alkyl halides is 3. The molecule has 1 amide bonds. The van der Waals surface area contributed by atoms with Crippen LogP contribution in [0.5, 0.6) is 0 Å². The second-order valence-corrected chi connectivity index (χ2v) is 7.20. The van der Waals surface area contributed by atoms with Crippen molar-refractivity contribution < 1.29 is 26.4 Å². The highest BCUT2D eigenvalue weighted by atomic mass is 32.2. The highest BCUT2D eigenvalue weighted by Gasteiger charge is 2.28. The molecule has 1 atom stereocenters. The fourth-order valence-electron chi connectivity index (χ4n) is 2.33. The maximum atomic E-state index is 12.3. The lowest BCUT2D eigenvalue weighted by atomic mass is 10.1. The van der Waals surface area contributed by atoms with Gasteiger partial charge in [-0.25, -0.2) is 13.1 Å². The predicted octanol–water partition coefficient (Wildman–Crippen LogP) is 1.01. The third kappa shape index (κ3) is 5.46. The van der Waals surface area contributed by atoms with E-state index in [-0.39, 0.29) is 16.5 Å². The molecule has 1 aromatic carbocycles. The Labute approximate surface area is 137 Å². The van der Waals surface area contributed by atoms with Crippen LogP contribution in [-0.2, 0) is 10.0 Å². The Morgan fingerprint density at radius 2 is 2.08 bits per heavy atom. The van der Waals surface area contributed by atoms with Crippen LogP contribution in [0.15, 0.2) is 29.2 Å². The number of rotatable bonds is 5. The summed E-state index contributed by atoms with van der Waals surface area (Å²) in [6.07, 6.45) is -3.00. The highest BCUT2D eigenvalue weighted by Crippen LogP contribution is 2.15. The van der Waals surface area contributed by atoms with Crippen LogP contribution in [0.1, 0.15) is 23.2 Å². The Morgan fingerprint density at radius 1 is 1.33 bits per heavy atom. The van der Waals surface area contributed by atoms with Gasteiger partial charge in [-0.15, -0.1) is 0 Å². The van der Waals surface area contributed by atoms with Crippen molar-refractivity contribution in [3.05, 3.63) is 29.8 Å². The molecule has 1 aromatic rings. The number of sulfonamides is 1. The number of halogens is 3. The van der Waals surface area contributed by atoms with Gasteiger partial charge in [0.15, 0.2) is 0 Å². The van der Waals surface area contributed by atoms with Crippen LogP contribution < -0.4 is 15.4 Å². The molecule has 1 aliphatic heterocycles. The first kappa shape index (κ1) is 18.7. The summed E-state index contributed by atoms with van der Waals surface area (Å²) in [7, 11) is -3.85. The van der Waals surface area contributed by atoms with E-state index < -0.39 is 28.7 Å². The van der Waals surface area contributed by atoms with Crippen molar-refractivity contribution in [3.63, 3.8) is 0 Å². The third-order valence-corrected chi connectivity index (χ3v) is 4.99. The lowest BCUT2D eigenvalue weighted by Crippen LogP contribution is -2.45. The molecule has 0 bridgehead atoms. The normalized spacial score (nSPS) is 19.0. The molecule has 0 aromatic heterocycles. The second-order valence-electron chi connectivity index (χ2n) is 5.49. The van der Waals surface area contributed by atoms with Gasteiger partial charge in [-0.05, 0) is 37.6 Å². The first-order valence-electron chi connectivity index (χ1n) is 7.35. The summed E-state index contributed by atoms with van der Waals surface area (Å²) in [5, 5.41) is 4.78. The maximum Gasteiger partial charge on any atom is 0.405 e. The van der Waals surface area contributed by atoms with E-state index in [4.69, 9.17) is 0 Å². The quantitative estimate of drug-likeness (QED) is 0.727. The Balaban J connectivity index is 2.09. The van der Waals surface area contributed by atoms with Gasteiger partial charge < -0.3 is 10.6 Å². The molecular weight excluding hydrogens is 347 g/mol. The SMILES string of the molecule is O=C(NCC(F)(F)F)c1cccc(S(=O)(=O)NC2CCCNC2)c1. The first-order valence-corrected chi connectivity index (χ1v) is 8.84. The van der Waals surface area contributed by atoms with Crippen LogP contribution in [-0.4, -0.2) is 46.2 Å². The Morgan fingerprint density at radius 3 is 2.71 bits per heavy atom. The summed E-state index contributed by atoms with van der Waals surface area (Å²) < 4.78 is 63.6. The Hall–Kier alpha value is -1.65. The van der Waals surface area contributed by atoms with Gasteiger partial charge in [0, 0.05) is 18.2 Å². The third-order valence-electron chi connectivity index (χ3n) is 3.47. The van der Waals surface area contributed by atoms with Crippen molar-refractivity contribution in [1.82, 2.24) is 15.4 Å². The van der Waals surface area contributed by atoms with Gasteiger partial charge in [0.25, 0.3) is 5.91 Å². The average molecular weight is 365 g/mol. The molecule has 2 rings (SSSR count). The summed E-state index contributed by atoms with van der Waals surface area (Å²) >= 11 is 0. The number of hydrogen-bond acceptors (Lipinski definition) is 4. The largest absolute Gasteiger partial charge is 0.405 e. The number of nitrogens with one attached hydrogen (secondary N) is 3. The van der Waals surface area contributed by atoms with E-state index in [0.717, 1.165) is 19.0 Å². The number of benzene rings is 1. The molecule has 3 N–H and O–H groups in total. The average Bonchev–Trinajstić information content (AvgIpc) is 2.52. The van der Waals surface area contributed by atoms with E-state index >= 15 is 0 Å². The number of piperidine rings is 1. The number of carbonyl (C=O) groups is 1. The van der Waals surface area contributed by atoms with Gasteiger partial charge in [-0.3, -0.25) is 4.79 Å². The molecular formula is C14H18F3N3O3S. The number of amides is 1.